The van der Waals surface area contributed by atoms with E-state index in [1.54, 1.807) is 42.9 Å². The van der Waals surface area contributed by atoms with Crippen molar-refractivity contribution in [1.82, 2.24) is 15.6 Å². The van der Waals surface area contributed by atoms with E-state index in [9.17, 15) is 9.90 Å². The highest BCUT2D eigenvalue weighted by molar-refractivity contribution is 5.67. The highest BCUT2D eigenvalue weighted by atomic mass is 16.5. The van der Waals surface area contributed by atoms with Gasteiger partial charge in [0.2, 0.25) is 0 Å². The Morgan fingerprint density at radius 3 is 2.68 bits per heavy atom. The summed E-state index contributed by atoms with van der Waals surface area (Å²) in [6, 6.07) is 3.49. The molecule has 136 valence electrons. The van der Waals surface area contributed by atoms with Crippen LogP contribution in [0.1, 0.15) is 32.8 Å². The molecule has 0 spiro atoms. The van der Waals surface area contributed by atoms with Gasteiger partial charge in [0, 0.05) is 29.7 Å². The molecule has 7 nitrogen and oxygen atoms in total. The van der Waals surface area contributed by atoms with Crippen LogP contribution >= 0.6 is 0 Å². The van der Waals surface area contributed by atoms with Crippen LogP contribution in [0.5, 0.6) is 0 Å². The zero-order chi connectivity index (χ0) is 18.5. The van der Waals surface area contributed by atoms with Gasteiger partial charge < -0.3 is 20.9 Å². The van der Waals surface area contributed by atoms with Crippen molar-refractivity contribution in [3.63, 3.8) is 0 Å². The van der Waals surface area contributed by atoms with E-state index >= 15 is 0 Å². The van der Waals surface area contributed by atoms with Crippen molar-refractivity contribution in [2.45, 2.75) is 38.4 Å². The van der Waals surface area contributed by atoms with Crippen molar-refractivity contribution in [1.29, 1.82) is 0 Å². The number of aromatic nitrogens is 1. The lowest BCUT2D eigenvalue weighted by Gasteiger charge is -2.34. The van der Waals surface area contributed by atoms with E-state index in [0.29, 0.717) is 18.3 Å². The summed E-state index contributed by atoms with van der Waals surface area (Å²) in [6.07, 6.45) is 8.01. The lowest BCUT2D eigenvalue weighted by molar-refractivity contribution is 0.142. The summed E-state index contributed by atoms with van der Waals surface area (Å²) < 4.78 is 5.78. The lowest BCUT2D eigenvalue weighted by atomic mass is 9.93. The molecule has 2 atom stereocenters. The molecule has 5 N–H and O–H groups in total. The number of hydrogen-bond donors (Lipinski definition) is 4. The van der Waals surface area contributed by atoms with Gasteiger partial charge in [0.15, 0.2) is 5.66 Å². The van der Waals surface area contributed by atoms with Crippen LogP contribution in [0.25, 0.3) is 0 Å². The van der Waals surface area contributed by atoms with Gasteiger partial charge in [0.25, 0.3) is 0 Å². The maximum absolute atomic E-state index is 11.2. The normalized spacial score (nSPS) is 21.9. The van der Waals surface area contributed by atoms with E-state index in [-0.39, 0.29) is 0 Å². The number of dihydropyridines is 1. The number of carbonyl (C=O) groups is 1. The van der Waals surface area contributed by atoms with E-state index < -0.39 is 17.3 Å². The number of nitrogens with zero attached hydrogens (tertiary/aromatic N) is 1. The second-order valence-corrected chi connectivity index (χ2v) is 7.04. The van der Waals surface area contributed by atoms with Gasteiger partial charge >= 0.3 is 6.09 Å². The Balaban J connectivity index is 2.08. The molecule has 2 heterocycles. The SMILES string of the molecule is CC(C)CC(C)(N)COC1=CNC(NC(=O)O)(c2ccncc2)C=C1. The molecule has 0 radical (unpaired) electrons. The molecule has 0 fully saturated rings. The molecule has 1 amide bonds. The van der Waals surface area contributed by atoms with Crippen molar-refractivity contribution in [2.75, 3.05) is 6.61 Å². The third-order valence-corrected chi connectivity index (χ3v) is 3.82. The molecule has 0 saturated carbocycles. The molecule has 0 aromatic carbocycles. The molecule has 1 aliphatic heterocycles. The number of amides is 1. The van der Waals surface area contributed by atoms with E-state index in [0.717, 1.165) is 12.0 Å². The van der Waals surface area contributed by atoms with Crippen LogP contribution in [0, 0.1) is 5.92 Å². The van der Waals surface area contributed by atoms with Crippen molar-refractivity contribution in [2.24, 2.45) is 11.7 Å². The van der Waals surface area contributed by atoms with Gasteiger partial charge in [0.05, 0.1) is 0 Å². The van der Waals surface area contributed by atoms with Crippen LogP contribution < -0.4 is 16.4 Å². The Morgan fingerprint density at radius 1 is 1.48 bits per heavy atom. The lowest BCUT2D eigenvalue weighted by Crippen LogP contribution is -2.53. The largest absolute Gasteiger partial charge is 0.490 e. The fourth-order valence-corrected chi connectivity index (χ4v) is 2.93. The van der Waals surface area contributed by atoms with Crippen LogP contribution in [0.2, 0.25) is 0 Å². The molecule has 0 saturated heterocycles. The molecule has 1 aromatic heterocycles. The standard InChI is InChI=1S/C18H26N4O3/c1-13(2)10-17(3,19)12-25-15-4-7-18(21-11-15,22-16(23)24)14-5-8-20-9-6-14/h4-9,11,13,21-22H,10,12,19H2,1-3H3,(H,23,24). The third-order valence-electron chi connectivity index (χ3n) is 3.82. The predicted molar refractivity (Wildman–Crippen MR) is 95.4 cm³/mol. The molecular formula is C18H26N4O3. The predicted octanol–water partition coefficient (Wildman–Crippen LogP) is 2.28. The molecule has 0 aliphatic carbocycles. The Kier molecular flexibility index (Phi) is 5.69. The maximum Gasteiger partial charge on any atom is 0.407 e. The van der Waals surface area contributed by atoms with Crippen molar-refractivity contribution >= 4 is 6.09 Å². The molecule has 2 rings (SSSR count). The second kappa shape index (κ2) is 7.57. The average Bonchev–Trinajstić information content (AvgIpc) is 2.53. The van der Waals surface area contributed by atoms with Gasteiger partial charge in [0.1, 0.15) is 12.4 Å². The summed E-state index contributed by atoms with van der Waals surface area (Å²) in [5.41, 5.74) is 5.48. The first kappa shape index (κ1) is 18.8. The van der Waals surface area contributed by atoms with Crippen molar-refractivity contribution < 1.29 is 14.6 Å². The number of rotatable bonds is 7. The third kappa shape index (κ3) is 5.22. The van der Waals surface area contributed by atoms with Gasteiger partial charge in [-0.25, -0.2) is 4.79 Å². The van der Waals surface area contributed by atoms with Crippen LogP contribution in [0.15, 0.2) is 48.6 Å². The van der Waals surface area contributed by atoms with Gasteiger partial charge in [-0.1, -0.05) is 13.8 Å². The number of carboxylic acid groups (broad SMARTS) is 1. The van der Waals surface area contributed by atoms with Crippen molar-refractivity contribution in [3.05, 3.63) is 54.2 Å². The molecular weight excluding hydrogens is 320 g/mol. The minimum atomic E-state index is -1.14. The topological polar surface area (TPSA) is 110 Å². The van der Waals surface area contributed by atoms with E-state index in [2.05, 4.69) is 29.5 Å². The minimum Gasteiger partial charge on any atom is -0.490 e. The zero-order valence-electron chi connectivity index (χ0n) is 14.8. The molecule has 7 heteroatoms. The first-order chi connectivity index (χ1) is 11.7. The van der Waals surface area contributed by atoms with E-state index in [1.165, 1.54) is 0 Å². The van der Waals surface area contributed by atoms with Crippen LogP contribution in [0.4, 0.5) is 4.79 Å². The Labute approximate surface area is 148 Å². The summed E-state index contributed by atoms with van der Waals surface area (Å²) in [6.45, 7) is 6.57. The Bertz CT molecular complexity index is 656. The maximum atomic E-state index is 11.2. The Hall–Kier alpha value is -2.54. The van der Waals surface area contributed by atoms with Crippen LogP contribution in [-0.2, 0) is 10.4 Å². The number of allylic oxidation sites excluding steroid dienone is 1. The second-order valence-electron chi connectivity index (χ2n) is 7.04. The number of ether oxygens (including phenoxy) is 1. The van der Waals surface area contributed by atoms with Gasteiger partial charge in [-0.2, -0.15) is 0 Å². The van der Waals surface area contributed by atoms with Gasteiger partial charge in [-0.05, 0) is 43.5 Å². The number of hydrogen-bond acceptors (Lipinski definition) is 5. The van der Waals surface area contributed by atoms with E-state index in [4.69, 9.17) is 10.5 Å². The minimum absolute atomic E-state index is 0.373. The summed E-state index contributed by atoms with van der Waals surface area (Å²) in [5, 5.41) is 14.8. The highest BCUT2D eigenvalue weighted by Crippen LogP contribution is 2.24. The molecule has 25 heavy (non-hydrogen) atoms. The number of nitrogens with two attached hydrogens (primary N) is 1. The van der Waals surface area contributed by atoms with Crippen LogP contribution in [-0.4, -0.2) is 28.3 Å². The van der Waals surface area contributed by atoms with E-state index in [1.807, 2.05) is 6.92 Å². The summed E-state index contributed by atoms with van der Waals surface area (Å²) in [4.78, 5) is 15.2. The molecule has 1 aromatic rings. The van der Waals surface area contributed by atoms with Crippen LogP contribution in [0.3, 0.4) is 0 Å². The zero-order valence-corrected chi connectivity index (χ0v) is 14.8. The molecule has 2 unspecified atom stereocenters. The van der Waals surface area contributed by atoms with Gasteiger partial charge in [-0.15, -0.1) is 0 Å². The highest BCUT2D eigenvalue weighted by Gasteiger charge is 2.32. The average molecular weight is 346 g/mol. The quantitative estimate of drug-likeness (QED) is 0.603. The van der Waals surface area contributed by atoms with Crippen molar-refractivity contribution in [3.8, 4) is 0 Å². The number of nitrogens with one attached hydrogen (secondary N) is 2. The summed E-state index contributed by atoms with van der Waals surface area (Å²) in [7, 11) is 0. The monoisotopic (exact) mass is 346 g/mol. The molecule has 0 bridgehead atoms. The number of pyridine rings is 1. The summed E-state index contributed by atoms with van der Waals surface area (Å²) in [5.74, 6) is 1.07. The fourth-order valence-electron chi connectivity index (χ4n) is 2.93. The first-order valence-corrected chi connectivity index (χ1v) is 8.23. The summed E-state index contributed by atoms with van der Waals surface area (Å²) >= 11 is 0. The fraction of sp³-hybridized carbons (Fsp3) is 0.444. The first-order valence-electron chi connectivity index (χ1n) is 8.23. The smallest absolute Gasteiger partial charge is 0.407 e. The molecule has 1 aliphatic rings. The van der Waals surface area contributed by atoms with Gasteiger partial charge in [-0.3, -0.25) is 10.3 Å². The Morgan fingerprint density at radius 2 is 2.16 bits per heavy atom.